The maximum Gasteiger partial charge on any atom is 0.303 e. The van der Waals surface area contributed by atoms with Gasteiger partial charge in [-0.2, -0.15) is 0 Å². The molecule has 8 heteroatoms. The number of carbonyl (C=O) groups is 1. The fourth-order valence-electron chi connectivity index (χ4n) is 8.28. The van der Waals surface area contributed by atoms with Gasteiger partial charge >= 0.3 is 5.97 Å². The molecule has 2 aliphatic carbocycles. The van der Waals surface area contributed by atoms with Crippen molar-refractivity contribution in [2.75, 3.05) is 0 Å². The number of para-hydroxylation sites is 2. The molecule has 4 fully saturated rings. The summed E-state index contributed by atoms with van der Waals surface area (Å²) in [6.45, 7) is 0. The van der Waals surface area contributed by atoms with Crippen molar-refractivity contribution in [3.8, 4) is 0 Å². The average molecular weight is 507 g/mol. The number of benzene rings is 1. The van der Waals surface area contributed by atoms with E-state index in [0.717, 1.165) is 30.2 Å². The maximum absolute atomic E-state index is 13.9. The molecule has 3 unspecified atom stereocenters. The summed E-state index contributed by atoms with van der Waals surface area (Å²) in [4.78, 5) is 32.5. The Labute approximate surface area is 217 Å². The van der Waals surface area contributed by atoms with Crippen LogP contribution in [0, 0.1) is 11.8 Å². The number of hydrogen-bond donors (Lipinski definition) is 2. The number of carboxylic acids is 1. The molecule has 37 heavy (non-hydrogen) atoms. The second kappa shape index (κ2) is 10.2. The molecule has 6 rings (SSSR count). The van der Waals surface area contributed by atoms with Crippen LogP contribution in [-0.4, -0.2) is 54.6 Å². The van der Waals surface area contributed by atoms with Crippen molar-refractivity contribution in [2.24, 2.45) is 17.0 Å². The predicted octanol–water partition coefficient (Wildman–Crippen LogP) is 4.97. The van der Waals surface area contributed by atoms with Gasteiger partial charge in [-0.1, -0.05) is 43.0 Å². The standard InChI is InChI=1S/C29H38N4O4/c34-27(35)12-11-25(31-37)28-29(36)33(26-10-2-1-9-24(26)30-28)23-16-20-7-4-8-21(17-23)32(20)22-14-18-5-3-6-19(13-18)15-22/h1-2,9-10,18-23,37H,3-8,11-17H2,(H,34,35)/t18?,19?,20-,21+,22?,23?. The predicted molar refractivity (Wildman–Crippen MR) is 141 cm³/mol. The SMILES string of the molecule is O=C(O)CCC(=NO)c1nc2ccccc2n(C2C[C@H]3CCC[C@@H](C2)N3C2CC3CCCC(C3)C2)c1=O. The van der Waals surface area contributed by atoms with E-state index >= 15 is 0 Å². The Bertz CT molecular complexity index is 1230. The summed E-state index contributed by atoms with van der Waals surface area (Å²) in [5.41, 5.74) is 1.30. The van der Waals surface area contributed by atoms with Crippen LogP contribution in [0.15, 0.2) is 34.2 Å². The quantitative estimate of drug-likeness (QED) is 0.325. The molecule has 0 spiro atoms. The third kappa shape index (κ3) is 4.69. The van der Waals surface area contributed by atoms with E-state index in [9.17, 15) is 14.8 Å². The summed E-state index contributed by atoms with van der Waals surface area (Å²) < 4.78 is 1.89. The molecule has 1 aromatic heterocycles. The summed E-state index contributed by atoms with van der Waals surface area (Å²) in [7, 11) is 0. The zero-order chi connectivity index (χ0) is 25.5. The lowest BCUT2D eigenvalue weighted by atomic mass is 9.68. The van der Waals surface area contributed by atoms with E-state index < -0.39 is 5.97 Å². The van der Waals surface area contributed by atoms with Gasteiger partial charge in [0, 0.05) is 30.6 Å². The Morgan fingerprint density at radius 2 is 1.57 bits per heavy atom. The van der Waals surface area contributed by atoms with Crippen molar-refractivity contribution in [2.45, 2.75) is 108 Å². The maximum atomic E-state index is 13.9. The van der Waals surface area contributed by atoms with Crippen LogP contribution >= 0.6 is 0 Å². The van der Waals surface area contributed by atoms with E-state index in [1.165, 1.54) is 57.8 Å². The Balaban J connectivity index is 1.34. The van der Waals surface area contributed by atoms with Gasteiger partial charge in [-0.15, -0.1) is 0 Å². The van der Waals surface area contributed by atoms with Crippen LogP contribution in [0.4, 0.5) is 0 Å². The number of piperidine rings is 2. The van der Waals surface area contributed by atoms with E-state index in [2.05, 4.69) is 15.0 Å². The highest BCUT2D eigenvalue weighted by molar-refractivity contribution is 6.00. The van der Waals surface area contributed by atoms with E-state index in [1.807, 2.05) is 28.8 Å². The summed E-state index contributed by atoms with van der Waals surface area (Å²) >= 11 is 0. The van der Waals surface area contributed by atoms with Gasteiger partial charge in [0.2, 0.25) is 0 Å². The Hall–Kier alpha value is -2.74. The van der Waals surface area contributed by atoms with Crippen LogP contribution in [0.25, 0.3) is 11.0 Å². The number of carboxylic acid groups (broad SMARTS) is 1. The molecule has 5 atom stereocenters. The number of aliphatic carboxylic acids is 1. The summed E-state index contributed by atoms with van der Waals surface area (Å²) in [6.07, 6.45) is 13.6. The van der Waals surface area contributed by atoms with Crippen LogP contribution in [0.5, 0.6) is 0 Å². The largest absolute Gasteiger partial charge is 0.481 e. The molecule has 2 aromatic rings. The molecule has 198 valence electrons. The molecule has 4 aliphatic rings. The molecule has 3 heterocycles. The van der Waals surface area contributed by atoms with Gasteiger partial charge in [0.25, 0.3) is 5.56 Å². The number of fused-ring (bicyclic) bond motifs is 5. The van der Waals surface area contributed by atoms with Gasteiger partial charge in [0.15, 0.2) is 5.69 Å². The van der Waals surface area contributed by atoms with Crippen molar-refractivity contribution in [1.82, 2.24) is 14.5 Å². The van der Waals surface area contributed by atoms with Gasteiger partial charge in [0.1, 0.15) is 5.71 Å². The Morgan fingerprint density at radius 3 is 2.24 bits per heavy atom. The third-order valence-electron chi connectivity index (χ3n) is 9.66. The van der Waals surface area contributed by atoms with Crippen LogP contribution < -0.4 is 5.56 Å². The number of nitrogens with zero attached hydrogens (tertiary/aromatic N) is 4. The lowest BCUT2D eigenvalue weighted by molar-refractivity contribution is -0.136. The molecule has 2 N–H and O–H groups in total. The minimum absolute atomic E-state index is 0.0401. The molecule has 0 amide bonds. The van der Waals surface area contributed by atoms with Crippen LogP contribution in [0.1, 0.15) is 95.2 Å². The molecule has 2 saturated carbocycles. The molecule has 8 nitrogen and oxygen atoms in total. The highest BCUT2D eigenvalue weighted by Crippen LogP contribution is 2.47. The number of oxime groups is 1. The molecule has 4 bridgehead atoms. The minimum Gasteiger partial charge on any atom is -0.481 e. The zero-order valence-corrected chi connectivity index (χ0v) is 21.5. The van der Waals surface area contributed by atoms with Crippen LogP contribution in [-0.2, 0) is 4.79 Å². The Kier molecular flexibility index (Phi) is 6.78. The first-order valence-corrected chi connectivity index (χ1v) is 14.2. The van der Waals surface area contributed by atoms with E-state index in [0.29, 0.717) is 23.6 Å². The topological polar surface area (TPSA) is 108 Å². The summed E-state index contributed by atoms with van der Waals surface area (Å²) in [5.74, 6) is 0.786. The highest BCUT2D eigenvalue weighted by atomic mass is 16.4. The first-order chi connectivity index (χ1) is 18.0. The number of hydrogen-bond acceptors (Lipinski definition) is 6. The monoisotopic (exact) mass is 506 g/mol. The summed E-state index contributed by atoms with van der Waals surface area (Å²) in [5, 5.41) is 22.1. The first kappa shape index (κ1) is 24.6. The third-order valence-corrected chi connectivity index (χ3v) is 9.66. The van der Waals surface area contributed by atoms with Crippen LogP contribution in [0.2, 0.25) is 0 Å². The normalized spacial score (nSPS) is 32.4. The second-order valence-electron chi connectivity index (χ2n) is 11.9. The van der Waals surface area contributed by atoms with E-state index in [1.54, 1.807) is 0 Å². The van der Waals surface area contributed by atoms with Gasteiger partial charge in [-0.05, 0) is 68.9 Å². The minimum atomic E-state index is -1.01. The Morgan fingerprint density at radius 1 is 0.892 bits per heavy atom. The van der Waals surface area contributed by atoms with E-state index in [-0.39, 0.29) is 35.8 Å². The van der Waals surface area contributed by atoms with Gasteiger partial charge in [-0.25, -0.2) is 4.98 Å². The van der Waals surface area contributed by atoms with E-state index in [4.69, 9.17) is 5.11 Å². The van der Waals surface area contributed by atoms with Crippen molar-refractivity contribution < 1.29 is 15.1 Å². The second-order valence-corrected chi connectivity index (χ2v) is 11.9. The average Bonchev–Trinajstić information content (AvgIpc) is 2.88. The number of aromatic nitrogens is 2. The first-order valence-electron chi connectivity index (χ1n) is 14.2. The molecular formula is C29H38N4O4. The zero-order valence-electron chi connectivity index (χ0n) is 21.5. The van der Waals surface area contributed by atoms with Crippen LogP contribution in [0.3, 0.4) is 0 Å². The van der Waals surface area contributed by atoms with Gasteiger partial charge in [0.05, 0.1) is 17.5 Å². The van der Waals surface area contributed by atoms with Crippen molar-refractivity contribution >= 4 is 22.7 Å². The fourth-order valence-corrected chi connectivity index (χ4v) is 8.28. The highest BCUT2D eigenvalue weighted by Gasteiger charge is 2.45. The molecule has 2 aliphatic heterocycles. The van der Waals surface area contributed by atoms with Crippen molar-refractivity contribution in [3.63, 3.8) is 0 Å². The fraction of sp³-hybridized carbons (Fsp3) is 0.655. The van der Waals surface area contributed by atoms with Gasteiger partial charge in [-0.3, -0.25) is 14.5 Å². The smallest absolute Gasteiger partial charge is 0.303 e. The molecular weight excluding hydrogens is 468 g/mol. The van der Waals surface area contributed by atoms with Gasteiger partial charge < -0.3 is 14.9 Å². The lowest BCUT2D eigenvalue weighted by Crippen LogP contribution is -2.58. The molecule has 1 aromatic carbocycles. The van der Waals surface area contributed by atoms with Crippen molar-refractivity contribution in [1.29, 1.82) is 0 Å². The molecule has 2 saturated heterocycles. The molecule has 0 radical (unpaired) electrons. The van der Waals surface area contributed by atoms with Crippen molar-refractivity contribution in [3.05, 3.63) is 40.3 Å². The summed E-state index contributed by atoms with van der Waals surface area (Å²) in [6, 6.07) is 9.35. The number of rotatable bonds is 6. The lowest BCUT2D eigenvalue weighted by Gasteiger charge is -2.55.